The summed E-state index contributed by atoms with van der Waals surface area (Å²) in [5.41, 5.74) is -1.77. The number of carbonyl (C=O) groups excluding carboxylic acids is 1. The molecule has 10 heteroatoms. The van der Waals surface area contributed by atoms with Crippen LogP contribution in [0.5, 0.6) is 0 Å². The first-order valence-corrected chi connectivity index (χ1v) is 6.13. The molecule has 0 fully saturated rings. The number of rotatable bonds is 4. The van der Waals surface area contributed by atoms with Crippen LogP contribution in [-0.2, 0) is 6.54 Å². The van der Waals surface area contributed by atoms with E-state index in [1.54, 1.807) is 0 Å². The Labute approximate surface area is 114 Å². The van der Waals surface area contributed by atoms with E-state index in [4.69, 9.17) is 5.11 Å². The van der Waals surface area contributed by atoms with Gasteiger partial charge in [0.05, 0.1) is 6.54 Å². The number of carboxylic acid groups (broad SMARTS) is 1. The average Bonchev–Trinajstić information content (AvgIpc) is 2.83. The van der Waals surface area contributed by atoms with Gasteiger partial charge in [0.15, 0.2) is 5.69 Å². The molecule has 0 saturated heterocycles. The third-order valence-corrected chi connectivity index (χ3v) is 3.02. The minimum absolute atomic E-state index is 0.00832. The molecule has 1 amide bonds. The van der Waals surface area contributed by atoms with E-state index in [2.05, 4.69) is 15.3 Å². The lowest BCUT2D eigenvalue weighted by molar-refractivity contribution is 0.0691. The number of H-pyrrole nitrogens is 2. The molecule has 20 heavy (non-hydrogen) atoms. The molecule has 9 nitrogen and oxygen atoms in total. The van der Waals surface area contributed by atoms with E-state index < -0.39 is 23.1 Å². The van der Waals surface area contributed by atoms with Crippen molar-refractivity contribution in [3.05, 3.63) is 48.7 Å². The Morgan fingerprint density at radius 3 is 2.70 bits per heavy atom. The van der Waals surface area contributed by atoms with E-state index in [0.717, 1.165) is 17.4 Å². The molecule has 0 spiro atoms. The predicted molar refractivity (Wildman–Crippen MR) is 67.9 cm³/mol. The number of hydrogen-bond acceptors (Lipinski definition) is 6. The summed E-state index contributed by atoms with van der Waals surface area (Å²) in [5, 5.41) is 12.8. The van der Waals surface area contributed by atoms with Crippen LogP contribution < -0.4 is 16.6 Å². The fourth-order valence-corrected chi connectivity index (χ4v) is 2.04. The normalized spacial score (nSPS) is 10.2. The van der Waals surface area contributed by atoms with Gasteiger partial charge < -0.3 is 15.4 Å². The lowest BCUT2D eigenvalue weighted by Gasteiger charge is -2.01. The third-order valence-electron chi connectivity index (χ3n) is 2.18. The summed E-state index contributed by atoms with van der Waals surface area (Å²) in [6.07, 6.45) is 0. The molecule has 0 saturated carbocycles. The van der Waals surface area contributed by atoms with Gasteiger partial charge in [0.25, 0.3) is 11.5 Å². The number of carboxylic acids is 1. The van der Waals surface area contributed by atoms with Gasteiger partial charge in [0.1, 0.15) is 10.7 Å². The minimum Gasteiger partial charge on any atom is -0.476 e. The summed E-state index contributed by atoms with van der Waals surface area (Å²) >= 11 is 1.07. The van der Waals surface area contributed by atoms with Crippen LogP contribution in [0.15, 0.2) is 21.0 Å². The SMILES string of the molecule is O=C(O)c1csc(CNC(=O)c2cc(=O)[nH]c(=O)[nH]2)n1. The second-order valence-corrected chi connectivity index (χ2v) is 4.56. The van der Waals surface area contributed by atoms with Crippen LogP contribution in [0.25, 0.3) is 0 Å². The number of hydrogen-bond donors (Lipinski definition) is 4. The first-order valence-electron chi connectivity index (χ1n) is 5.25. The summed E-state index contributed by atoms with van der Waals surface area (Å²) in [7, 11) is 0. The summed E-state index contributed by atoms with van der Waals surface area (Å²) in [6.45, 7) is -0.00832. The van der Waals surface area contributed by atoms with Crippen molar-refractivity contribution in [1.82, 2.24) is 20.3 Å². The maximum Gasteiger partial charge on any atom is 0.355 e. The molecular weight excluding hydrogens is 288 g/mol. The number of nitrogens with one attached hydrogen (secondary N) is 3. The van der Waals surface area contributed by atoms with Crippen LogP contribution >= 0.6 is 11.3 Å². The summed E-state index contributed by atoms with van der Waals surface area (Å²) in [6, 6.07) is 0.946. The molecule has 104 valence electrons. The van der Waals surface area contributed by atoms with E-state index in [-0.39, 0.29) is 17.9 Å². The van der Waals surface area contributed by atoms with Gasteiger partial charge in [-0.25, -0.2) is 14.6 Å². The van der Waals surface area contributed by atoms with Crippen LogP contribution in [0, 0.1) is 0 Å². The first kappa shape index (κ1) is 13.7. The Bertz CT molecular complexity index is 746. The fraction of sp³-hybridized carbons (Fsp3) is 0.100. The minimum atomic E-state index is -1.15. The highest BCUT2D eigenvalue weighted by Gasteiger charge is 2.11. The monoisotopic (exact) mass is 296 g/mol. The van der Waals surface area contributed by atoms with Crippen LogP contribution in [-0.4, -0.2) is 31.9 Å². The fourth-order valence-electron chi connectivity index (χ4n) is 1.33. The largest absolute Gasteiger partial charge is 0.476 e. The maximum atomic E-state index is 11.7. The van der Waals surface area contributed by atoms with Gasteiger partial charge in [-0.05, 0) is 0 Å². The molecule has 0 bridgehead atoms. The zero-order valence-electron chi connectivity index (χ0n) is 9.80. The molecule has 2 aromatic heterocycles. The van der Waals surface area contributed by atoms with E-state index >= 15 is 0 Å². The number of nitrogens with zero attached hydrogens (tertiary/aromatic N) is 1. The molecule has 0 radical (unpaired) electrons. The van der Waals surface area contributed by atoms with Crippen molar-refractivity contribution >= 4 is 23.2 Å². The summed E-state index contributed by atoms with van der Waals surface area (Å²) in [5.74, 6) is -1.82. The molecule has 4 N–H and O–H groups in total. The molecule has 2 heterocycles. The van der Waals surface area contributed by atoms with E-state index in [0.29, 0.717) is 5.01 Å². The van der Waals surface area contributed by atoms with Crippen molar-refractivity contribution < 1.29 is 14.7 Å². The molecule has 0 aliphatic rings. The zero-order valence-corrected chi connectivity index (χ0v) is 10.6. The molecule has 2 aromatic rings. The van der Waals surface area contributed by atoms with Gasteiger partial charge in [0, 0.05) is 11.4 Å². The quantitative estimate of drug-likeness (QED) is 0.578. The van der Waals surface area contributed by atoms with Gasteiger partial charge >= 0.3 is 11.7 Å². The molecule has 0 atom stereocenters. The number of amides is 1. The number of aromatic nitrogens is 3. The Balaban J connectivity index is 2.06. The standard InChI is InChI=1S/C10H8N4O5S/c15-6-1-4(13-10(19)14-6)8(16)11-2-7-12-5(3-20-7)9(17)18/h1,3H,2H2,(H,11,16)(H,17,18)(H2,13,14,15,19). The summed E-state index contributed by atoms with van der Waals surface area (Å²) in [4.78, 5) is 52.2. The second kappa shape index (κ2) is 5.48. The Kier molecular flexibility index (Phi) is 3.75. The van der Waals surface area contributed by atoms with E-state index in [9.17, 15) is 19.2 Å². The van der Waals surface area contributed by atoms with E-state index in [1.807, 2.05) is 4.98 Å². The van der Waals surface area contributed by atoms with Gasteiger partial charge in [-0.2, -0.15) is 0 Å². The lowest BCUT2D eigenvalue weighted by atomic mass is 10.4. The van der Waals surface area contributed by atoms with Crippen molar-refractivity contribution in [3.8, 4) is 0 Å². The highest BCUT2D eigenvalue weighted by molar-refractivity contribution is 7.09. The number of aromatic amines is 2. The molecule has 0 aromatic carbocycles. The highest BCUT2D eigenvalue weighted by atomic mass is 32.1. The number of thiazole rings is 1. The first-order chi connectivity index (χ1) is 9.45. The smallest absolute Gasteiger partial charge is 0.355 e. The van der Waals surface area contributed by atoms with Crippen LogP contribution in [0.2, 0.25) is 0 Å². The molecular formula is C10H8N4O5S. The zero-order chi connectivity index (χ0) is 14.7. The average molecular weight is 296 g/mol. The Morgan fingerprint density at radius 1 is 1.35 bits per heavy atom. The van der Waals surface area contributed by atoms with Gasteiger partial charge in [-0.3, -0.25) is 14.6 Å². The van der Waals surface area contributed by atoms with E-state index in [1.165, 1.54) is 5.38 Å². The third kappa shape index (κ3) is 3.17. The van der Waals surface area contributed by atoms with Crippen molar-refractivity contribution in [1.29, 1.82) is 0 Å². The van der Waals surface area contributed by atoms with Crippen molar-refractivity contribution in [2.75, 3.05) is 0 Å². The lowest BCUT2D eigenvalue weighted by Crippen LogP contribution is -2.30. The topological polar surface area (TPSA) is 145 Å². The Morgan fingerprint density at radius 2 is 2.10 bits per heavy atom. The second-order valence-electron chi connectivity index (χ2n) is 3.62. The van der Waals surface area contributed by atoms with Gasteiger partial charge in [-0.1, -0.05) is 0 Å². The van der Waals surface area contributed by atoms with Crippen LogP contribution in [0.4, 0.5) is 0 Å². The number of carbonyl (C=O) groups is 2. The van der Waals surface area contributed by atoms with Gasteiger partial charge in [-0.15, -0.1) is 11.3 Å². The van der Waals surface area contributed by atoms with Crippen molar-refractivity contribution in [3.63, 3.8) is 0 Å². The number of aromatic carboxylic acids is 1. The van der Waals surface area contributed by atoms with Crippen molar-refractivity contribution in [2.24, 2.45) is 0 Å². The Hall–Kier alpha value is -2.75. The van der Waals surface area contributed by atoms with Crippen LogP contribution in [0.3, 0.4) is 0 Å². The molecule has 0 aliphatic carbocycles. The molecule has 0 aliphatic heterocycles. The van der Waals surface area contributed by atoms with Crippen molar-refractivity contribution in [2.45, 2.75) is 6.54 Å². The predicted octanol–water partition coefficient (Wildman–Crippen LogP) is -0.852. The molecule has 0 unspecified atom stereocenters. The maximum absolute atomic E-state index is 11.7. The molecule has 2 rings (SSSR count). The summed E-state index contributed by atoms with van der Waals surface area (Å²) < 4.78 is 0. The van der Waals surface area contributed by atoms with Crippen LogP contribution in [0.1, 0.15) is 26.0 Å². The highest BCUT2D eigenvalue weighted by Crippen LogP contribution is 2.09. The van der Waals surface area contributed by atoms with Gasteiger partial charge in [0.2, 0.25) is 0 Å².